The number of carboxylic acid groups (broad SMARTS) is 1. The van der Waals surface area contributed by atoms with Crippen molar-refractivity contribution in [3.05, 3.63) is 12.2 Å². The monoisotopic (exact) mass is 341 g/mol. The van der Waals surface area contributed by atoms with E-state index in [0.29, 0.717) is 18.9 Å². The van der Waals surface area contributed by atoms with Crippen molar-refractivity contribution in [3.8, 4) is 0 Å². The molecule has 0 fully saturated rings. The number of aliphatic hydroxyl groups is 1. The molecule has 4 N–H and O–H groups in total. The molecule has 0 spiro atoms. The summed E-state index contributed by atoms with van der Waals surface area (Å²) in [6.07, 6.45) is 15.9. The van der Waals surface area contributed by atoms with Crippen molar-refractivity contribution in [1.29, 1.82) is 0 Å². The zero-order chi connectivity index (χ0) is 18.2. The van der Waals surface area contributed by atoms with E-state index in [0.717, 1.165) is 32.1 Å². The highest BCUT2D eigenvalue weighted by molar-refractivity contribution is 5.70. The fourth-order valence-electron chi connectivity index (χ4n) is 3.10. The second-order valence-corrected chi connectivity index (χ2v) is 6.97. The number of hydrogen-bond acceptors (Lipinski definition) is 3. The highest BCUT2D eigenvalue weighted by atomic mass is 16.4. The summed E-state index contributed by atoms with van der Waals surface area (Å²) in [5, 5.41) is 18.8. The van der Waals surface area contributed by atoms with Crippen LogP contribution in [0.2, 0.25) is 0 Å². The predicted molar refractivity (Wildman–Crippen MR) is 101 cm³/mol. The Morgan fingerprint density at radius 2 is 1.67 bits per heavy atom. The predicted octanol–water partition coefficient (Wildman–Crippen LogP) is 4.51. The molecule has 0 heterocycles. The van der Waals surface area contributed by atoms with Crippen LogP contribution in [0.25, 0.3) is 0 Å². The third kappa shape index (κ3) is 12.5. The van der Waals surface area contributed by atoms with Crippen LogP contribution in [0.15, 0.2) is 12.2 Å². The van der Waals surface area contributed by atoms with Crippen molar-refractivity contribution in [2.24, 2.45) is 17.6 Å². The first-order valence-corrected chi connectivity index (χ1v) is 9.78. The average molecular weight is 342 g/mol. The molecular formula is C20H39NO3. The largest absolute Gasteiger partial charge is 0.481 e. The summed E-state index contributed by atoms with van der Waals surface area (Å²) >= 11 is 0. The molecule has 0 amide bonds. The number of aliphatic hydroxyl groups excluding tert-OH is 1. The summed E-state index contributed by atoms with van der Waals surface area (Å²) in [7, 11) is 0. The van der Waals surface area contributed by atoms with Gasteiger partial charge in [-0.1, -0.05) is 51.2 Å². The molecule has 0 aromatic heterocycles. The maximum atomic E-state index is 11.2. The summed E-state index contributed by atoms with van der Waals surface area (Å²) in [4.78, 5) is 11.2. The molecule has 0 aliphatic heterocycles. The fraction of sp³-hybridized carbons (Fsp3) is 0.850. The van der Waals surface area contributed by atoms with E-state index in [2.05, 4.69) is 19.1 Å². The maximum Gasteiger partial charge on any atom is 0.309 e. The molecule has 4 heteroatoms. The van der Waals surface area contributed by atoms with Crippen molar-refractivity contribution >= 4 is 5.97 Å². The van der Waals surface area contributed by atoms with Gasteiger partial charge in [-0.15, -0.1) is 0 Å². The van der Waals surface area contributed by atoms with Gasteiger partial charge in [0.05, 0.1) is 12.0 Å². The number of aliphatic carboxylic acids is 1. The molecule has 0 radical (unpaired) electrons. The number of carbonyl (C=O) groups is 1. The summed E-state index contributed by atoms with van der Waals surface area (Å²) in [6.45, 7) is 4.37. The smallest absolute Gasteiger partial charge is 0.309 e. The molecule has 142 valence electrons. The van der Waals surface area contributed by atoms with E-state index in [1.165, 1.54) is 32.1 Å². The normalized spacial score (nSPS) is 15.5. The van der Waals surface area contributed by atoms with Crippen molar-refractivity contribution in [2.75, 3.05) is 6.54 Å². The molecule has 0 saturated carbocycles. The molecule has 24 heavy (non-hydrogen) atoms. The number of carboxylic acids is 1. The quantitative estimate of drug-likeness (QED) is 0.285. The van der Waals surface area contributed by atoms with E-state index in [1.807, 2.05) is 0 Å². The number of rotatable bonds is 16. The number of nitrogens with two attached hydrogens (primary N) is 1. The van der Waals surface area contributed by atoms with E-state index in [9.17, 15) is 15.0 Å². The number of unbranched alkanes of at least 4 members (excludes halogenated alkanes) is 6. The Kier molecular flexibility index (Phi) is 15.1. The molecule has 0 unspecified atom stereocenters. The Morgan fingerprint density at radius 3 is 2.17 bits per heavy atom. The third-order valence-electron chi connectivity index (χ3n) is 4.69. The first-order valence-electron chi connectivity index (χ1n) is 9.78. The molecule has 0 aromatic rings. The third-order valence-corrected chi connectivity index (χ3v) is 4.69. The van der Waals surface area contributed by atoms with Gasteiger partial charge >= 0.3 is 5.97 Å². The lowest BCUT2D eigenvalue weighted by atomic mass is 9.85. The van der Waals surface area contributed by atoms with Crippen LogP contribution < -0.4 is 5.73 Å². The zero-order valence-electron chi connectivity index (χ0n) is 15.8. The van der Waals surface area contributed by atoms with Gasteiger partial charge in [-0.2, -0.15) is 0 Å². The van der Waals surface area contributed by atoms with E-state index < -0.39 is 18.0 Å². The molecular weight excluding hydrogens is 302 g/mol. The van der Waals surface area contributed by atoms with E-state index in [1.54, 1.807) is 6.92 Å². The second kappa shape index (κ2) is 15.6. The van der Waals surface area contributed by atoms with Crippen molar-refractivity contribution in [2.45, 2.75) is 90.6 Å². The van der Waals surface area contributed by atoms with Gasteiger partial charge in [0.15, 0.2) is 0 Å². The second-order valence-electron chi connectivity index (χ2n) is 6.97. The lowest BCUT2D eigenvalue weighted by molar-refractivity contribution is -0.146. The highest BCUT2D eigenvalue weighted by Crippen LogP contribution is 2.24. The van der Waals surface area contributed by atoms with Crippen LogP contribution in [-0.4, -0.2) is 28.8 Å². The minimum absolute atomic E-state index is 0.295. The topological polar surface area (TPSA) is 83.6 Å². The Bertz CT molecular complexity index is 329. The molecule has 0 aliphatic carbocycles. The molecule has 3 atom stereocenters. The van der Waals surface area contributed by atoms with Gasteiger partial charge in [0.1, 0.15) is 0 Å². The molecule has 4 nitrogen and oxygen atoms in total. The lowest BCUT2D eigenvalue weighted by Crippen LogP contribution is -2.28. The van der Waals surface area contributed by atoms with Gasteiger partial charge in [-0.05, 0) is 57.9 Å². The number of allylic oxidation sites excluding steroid dienone is 2. The maximum absolute atomic E-state index is 11.2. The molecule has 0 aliphatic rings. The average Bonchev–Trinajstić information content (AvgIpc) is 2.53. The van der Waals surface area contributed by atoms with Gasteiger partial charge < -0.3 is 15.9 Å². The van der Waals surface area contributed by atoms with Gasteiger partial charge in [-0.3, -0.25) is 4.79 Å². The van der Waals surface area contributed by atoms with Crippen LogP contribution in [0.5, 0.6) is 0 Å². The Labute approximate surface area is 148 Å². The summed E-state index contributed by atoms with van der Waals surface area (Å²) in [5.41, 5.74) is 5.66. The summed E-state index contributed by atoms with van der Waals surface area (Å²) in [6, 6.07) is 0. The number of hydrogen-bond donors (Lipinski definition) is 3. The zero-order valence-corrected chi connectivity index (χ0v) is 15.8. The van der Waals surface area contributed by atoms with E-state index in [4.69, 9.17) is 5.73 Å². The van der Waals surface area contributed by atoms with Crippen LogP contribution in [0.3, 0.4) is 0 Å². The van der Waals surface area contributed by atoms with Crippen LogP contribution in [0.4, 0.5) is 0 Å². The molecule has 0 aromatic carbocycles. The van der Waals surface area contributed by atoms with Crippen molar-refractivity contribution < 1.29 is 15.0 Å². The van der Waals surface area contributed by atoms with E-state index in [-0.39, 0.29) is 0 Å². The Balaban J connectivity index is 3.92. The highest BCUT2D eigenvalue weighted by Gasteiger charge is 2.26. The standard InChI is InChI=1S/C20H39NO3/c1-3-4-5-6-7-8-9-10-11-12-13-18(14-15-21)16-19(17(2)22)20(23)24/h8-9,17-19,22H,3-7,10-16,21H2,1-2H3,(H,23,24)/b9-8-/t17-,18+,19-/m0/s1. The summed E-state index contributed by atoms with van der Waals surface area (Å²) in [5.74, 6) is -1.29. The van der Waals surface area contributed by atoms with E-state index >= 15 is 0 Å². The van der Waals surface area contributed by atoms with Crippen LogP contribution in [-0.2, 0) is 4.79 Å². The van der Waals surface area contributed by atoms with Crippen molar-refractivity contribution in [1.82, 2.24) is 0 Å². The first kappa shape index (κ1) is 23.1. The van der Waals surface area contributed by atoms with Crippen LogP contribution in [0.1, 0.15) is 84.5 Å². The lowest BCUT2D eigenvalue weighted by Gasteiger charge is -2.22. The SMILES string of the molecule is CCCCCC/C=C\CCCC[C@H](CCN)C[C@H](C(=O)O)[C@H](C)O. The van der Waals surface area contributed by atoms with Crippen LogP contribution >= 0.6 is 0 Å². The molecule has 0 bridgehead atoms. The molecule has 0 saturated heterocycles. The fourth-order valence-corrected chi connectivity index (χ4v) is 3.10. The Morgan fingerprint density at radius 1 is 1.04 bits per heavy atom. The van der Waals surface area contributed by atoms with Gasteiger partial charge in [0.2, 0.25) is 0 Å². The Hall–Kier alpha value is -0.870. The summed E-state index contributed by atoms with van der Waals surface area (Å²) < 4.78 is 0. The van der Waals surface area contributed by atoms with Gasteiger partial charge in [-0.25, -0.2) is 0 Å². The minimum Gasteiger partial charge on any atom is -0.481 e. The molecule has 0 rings (SSSR count). The van der Waals surface area contributed by atoms with Gasteiger partial charge in [0.25, 0.3) is 0 Å². The van der Waals surface area contributed by atoms with Crippen LogP contribution in [0, 0.1) is 11.8 Å². The van der Waals surface area contributed by atoms with Crippen molar-refractivity contribution in [3.63, 3.8) is 0 Å². The first-order chi connectivity index (χ1) is 11.5. The minimum atomic E-state index is -0.905. The van der Waals surface area contributed by atoms with Gasteiger partial charge in [0, 0.05) is 0 Å².